The molecule has 1 unspecified atom stereocenters. The Labute approximate surface area is 109 Å². The molecule has 1 aromatic carbocycles. The van der Waals surface area contributed by atoms with E-state index in [0.29, 0.717) is 19.6 Å². The second kappa shape index (κ2) is 5.39. The molecule has 0 aromatic heterocycles. The first kappa shape index (κ1) is 13.5. The van der Waals surface area contributed by atoms with E-state index >= 15 is 0 Å². The van der Waals surface area contributed by atoms with Crippen molar-refractivity contribution in [2.45, 2.75) is 51.6 Å². The average Bonchev–Trinajstić information content (AvgIpc) is 2.83. The van der Waals surface area contributed by atoms with Crippen LogP contribution in [0.5, 0.6) is 0 Å². The first-order valence-electron chi connectivity index (χ1n) is 6.44. The number of rotatable bonds is 5. The fourth-order valence-electron chi connectivity index (χ4n) is 2.15. The lowest BCUT2D eigenvalue weighted by Gasteiger charge is -2.24. The number of benzene rings is 1. The van der Waals surface area contributed by atoms with Gasteiger partial charge in [0.05, 0.1) is 24.9 Å². The third-order valence-electron chi connectivity index (χ3n) is 3.70. The van der Waals surface area contributed by atoms with Gasteiger partial charge in [-0.1, -0.05) is 18.2 Å². The van der Waals surface area contributed by atoms with Gasteiger partial charge in [-0.15, -0.1) is 0 Å². The SMILES string of the molecule is COC(C)(C)CCC(O)c1ccc2c(c1)COC2. The maximum Gasteiger partial charge on any atom is 0.0791 e. The van der Waals surface area contributed by atoms with Crippen molar-refractivity contribution in [1.82, 2.24) is 0 Å². The summed E-state index contributed by atoms with van der Waals surface area (Å²) in [7, 11) is 1.71. The van der Waals surface area contributed by atoms with Crippen molar-refractivity contribution in [3.8, 4) is 0 Å². The largest absolute Gasteiger partial charge is 0.388 e. The molecule has 3 heteroatoms. The Hall–Kier alpha value is -0.900. The Morgan fingerprint density at radius 1 is 1.33 bits per heavy atom. The Morgan fingerprint density at radius 3 is 2.78 bits per heavy atom. The van der Waals surface area contributed by atoms with Crippen molar-refractivity contribution in [3.05, 3.63) is 34.9 Å². The molecule has 0 saturated heterocycles. The Morgan fingerprint density at radius 2 is 2.06 bits per heavy atom. The molecule has 100 valence electrons. The highest BCUT2D eigenvalue weighted by molar-refractivity contribution is 5.34. The number of aliphatic hydroxyl groups is 1. The van der Waals surface area contributed by atoms with Gasteiger partial charge in [0.25, 0.3) is 0 Å². The summed E-state index contributed by atoms with van der Waals surface area (Å²) in [5, 5.41) is 10.2. The molecule has 0 fully saturated rings. The van der Waals surface area contributed by atoms with Crippen molar-refractivity contribution in [1.29, 1.82) is 0 Å². The fourth-order valence-corrected chi connectivity index (χ4v) is 2.15. The molecule has 1 aliphatic rings. The average molecular weight is 250 g/mol. The van der Waals surface area contributed by atoms with Gasteiger partial charge in [-0.3, -0.25) is 0 Å². The highest BCUT2D eigenvalue weighted by Gasteiger charge is 2.20. The summed E-state index contributed by atoms with van der Waals surface area (Å²) < 4.78 is 10.7. The topological polar surface area (TPSA) is 38.7 Å². The third kappa shape index (κ3) is 3.10. The minimum atomic E-state index is -0.426. The van der Waals surface area contributed by atoms with Crippen molar-refractivity contribution in [2.24, 2.45) is 0 Å². The third-order valence-corrected chi connectivity index (χ3v) is 3.70. The lowest BCUT2D eigenvalue weighted by atomic mass is 9.95. The zero-order valence-corrected chi connectivity index (χ0v) is 11.4. The van der Waals surface area contributed by atoms with Crippen LogP contribution in [0.3, 0.4) is 0 Å². The molecule has 1 aromatic rings. The van der Waals surface area contributed by atoms with E-state index < -0.39 is 6.10 Å². The van der Waals surface area contributed by atoms with Gasteiger partial charge in [-0.05, 0) is 43.4 Å². The number of ether oxygens (including phenoxy) is 2. The minimum Gasteiger partial charge on any atom is -0.388 e. The summed E-state index contributed by atoms with van der Waals surface area (Å²) in [6.45, 7) is 5.44. The Bertz CT molecular complexity index is 412. The van der Waals surface area contributed by atoms with E-state index in [-0.39, 0.29) is 5.60 Å². The molecule has 3 nitrogen and oxygen atoms in total. The molecular weight excluding hydrogens is 228 g/mol. The van der Waals surface area contributed by atoms with Gasteiger partial charge in [-0.25, -0.2) is 0 Å². The molecule has 18 heavy (non-hydrogen) atoms. The van der Waals surface area contributed by atoms with Gasteiger partial charge in [0, 0.05) is 7.11 Å². The van der Waals surface area contributed by atoms with Crippen LogP contribution in [0.1, 0.15) is 49.5 Å². The van der Waals surface area contributed by atoms with Gasteiger partial charge in [0.2, 0.25) is 0 Å². The summed E-state index contributed by atoms with van der Waals surface area (Å²) in [5.41, 5.74) is 3.24. The molecule has 0 saturated carbocycles. The van der Waals surface area contributed by atoms with E-state index in [1.165, 1.54) is 11.1 Å². The predicted octanol–water partition coefficient (Wildman–Crippen LogP) is 2.96. The predicted molar refractivity (Wildman–Crippen MR) is 70.2 cm³/mol. The molecule has 0 aliphatic carbocycles. The van der Waals surface area contributed by atoms with E-state index in [2.05, 4.69) is 12.1 Å². The van der Waals surface area contributed by atoms with Crippen LogP contribution in [-0.4, -0.2) is 17.8 Å². The lowest BCUT2D eigenvalue weighted by molar-refractivity contribution is 0.00278. The summed E-state index contributed by atoms with van der Waals surface area (Å²) in [4.78, 5) is 0. The first-order valence-corrected chi connectivity index (χ1v) is 6.44. The zero-order valence-electron chi connectivity index (χ0n) is 11.4. The highest BCUT2D eigenvalue weighted by Crippen LogP contribution is 2.28. The van der Waals surface area contributed by atoms with E-state index in [1.54, 1.807) is 7.11 Å². The van der Waals surface area contributed by atoms with Gasteiger partial charge in [0.1, 0.15) is 0 Å². The number of fused-ring (bicyclic) bond motifs is 1. The van der Waals surface area contributed by atoms with Crippen molar-refractivity contribution in [3.63, 3.8) is 0 Å². The second-order valence-electron chi connectivity index (χ2n) is 5.54. The first-order chi connectivity index (χ1) is 8.52. The van der Waals surface area contributed by atoms with Crippen LogP contribution in [0.4, 0.5) is 0 Å². The van der Waals surface area contributed by atoms with Crippen LogP contribution >= 0.6 is 0 Å². The number of aliphatic hydroxyl groups excluding tert-OH is 1. The van der Waals surface area contributed by atoms with Gasteiger partial charge in [-0.2, -0.15) is 0 Å². The monoisotopic (exact) mass is 250 g/mol. The molecule has 1 aliphatic heterocycles. The van der Waals surface area contributed by atoms with Crippen LogP contribution in [0, 0.1) is 0 Å². The van der Waals surface area contributed by atoms with Crippen LogP contribution < -0.4 is 0 Å². The van der Waals surface area contributed by atoms with Crippen molar-refractivity contribution >= 4 is 0 Å². The summed E-state index contributed by atoms with van der Waals surface area (Å²) in [6.07, 6.45) is 1.11. The van der Waals surface area contributed by atoms with Crippen LogP contribution in [0.25, 0.3) is 0 Å². The molecule has 2 rings (SSSR count). The van der Waals surface area contributed by atoms with Crippen LogP contribution in [0.2, 0.25) is 0 Å². The molecular formula is C15H22O3. The quantitative estimate of drug-likeness (QED) is 0.873. The standard InChI is InChI=1S/C15H22O3/c1-15(2,17-3)7-6-14(16)11-4-5-12-9-18-10-13(12)8-11/h4-5,8,14,16H,6-7,9-10H2,1-3H3. The summed E-state index contributed by atoms with van der Waals surface area (Å²) in [6, 6.07) is 6.12. The molecule has 0 amide bonds. The van der Waals surface area contributed by atoms with Crippen molar-refractivity contribution < 1.29 is 14.6 Å². The molecule has 1 atom stereocenters. The summed E-state index contributed by atoms with van der Waals surface area (Å²) in [5.74, 6) is 0. The van der Waals surface area contributed by atoms with E-state index in [9.17, 15) is 5.11 Å². The zero-order chi connectivity index (χ0) is 13.2. The maximum absolute atomic E-state index is 10.2. The van der Waals surface area contributed by atoms with Crippen molar-refractivity contribution in [2.75, 3.05) is 7.11 Å². The normalized spacial score (nSPS) is 16.7. The fraction of sp³-hybridized carbons (Fsp3) is 0.600. The van der Waals surface area contributed by atoms with E-state index in [0.717, 1.165) is 12.0 Å². The lowest BCUT2D eigenvalue weighted by Crippen LogP contribution is -2.23. The number of hydrogen-bond donors (Lipinski definition) is 1. The van der Waals surface area contributed by atoms with E-state index in [4.69, 9.17) is 9.47 Å². The van der Waals surface area contributed by atoms with Gasteiger partial charge in [0.15, 0.2) is 0 Å². The molecule has 1 heterocycles. The molecule has 0 spiro atoms. The second-order valence-corrected chi connectivity index (χ2v) is 5.54. The molecule has 0 radical (unpaired) electrons. The molecule has 1 N–H and O–H groups in total. The smallest absolute Gasteiger partial charge is 0.0791 e. The maximum atomic E-state index is 10.2. The number of hydrogen-bond acceptors (Lipinski definition) is 3. The van der Waals surface area contributed by atoms with Gasteiger partial charge >= 0.3 is 0 Å². The highest BCUT2D eigenvalue weighted by atomic mass is 16.5. The van der Waals surface area contributed by atoms with Gasteiger partial charge < -0.3 is 14.6 Å². The summed E-state index contributed by atoms with van der Waals surface area (Å²) >= 11 is 0. The number of methoxy groups -OCH3 is 1. The Kier molecular flexibility index (Phi) is 4.05. The Balaban J connectivity index is 1.99. The molecule has 0 bridgehead atoms. The van der Waals surface area contributed by atoms with E-state index in [1.807, 2.05) is 19.9 Å². The van der Waals surface area contributed by atoms with Crippen LogP contribution in [0.15, 0.2) is 18.2 Å². The minimum absolute atomic E-state index is 0.180. The van der Waals surface area contributed by atoms with Crippen LogP contribution in [-0.2, 0) is 22.7 Å².